The molecule has 2 aromatic rings. The van der Waals surface area contributed by atoms with Gasteiger partial charge in [0.1, 0.15) is 18.1 Å². The molecule has 0 radical (unpaired) electrons. The Kier molecular flexibility index (Phi) is 7.61. The maximum Gasteiger partial charge on any atom is 0.306 e. The van der Waals surface area contributed by atoms with Crippen LogP contribution < -0.4 is 9.47 Å². The molecule has 0 aliphatic carbocycles. The van der Waals surface area contributed by atoms with Crippen LogP contribution in [-0.4, -0.2) is 31.2 Å². The first-order chi connectivity index (χ1) is 13.0. The van der Waals surface area contributed by atoms with Gasteiger partial charge in [-0.15, -0.1) is 0 Å². The predicted octanol–water partition coefficient (Wildman–Crippen LogP) is 3.59. The summed E-state index contributed by atoms with van der Waals surface area (Å²) >= 11 is 0. The molecule has 7 heteroatoms. The molecule has 2 aromatic carbocycles. The van der Waals surface area contributed by atoms with Crippen molar-refractivity contribution in [1.82, 2.24) is 0 Å². The van der Waals surface area contributed by atoms with E-state index in [9.17, 15) is 14.9 Å². The lowest BCUT2D eigenvalue weighted by Gasteiger charge is -2.18. The first-order valence-electron chi connectivity index (χ1n) is 8.65. The van der Waals surface area contributed by atoms with Gasteiger partial charge in [-0.25, -0.2) is 0 Å². The average Bonchev–Trinajstić information content (AvgIpc) is 2.66. The second kappa shape index (κ2) is 10.2. The van der Waals surface area contributed by atoms with Gasteiger partial charge in [0.2, 0.25) is 6.54 Å². The number of esters is 1. The SMILES string of the molecule is CCOC(=O)CC(C[N+](=O)[O-])c1ccc(OC)cc1OCc1ccccc1. The van der Waals surface area contributed by atoms with Crippen molar-refractivity contribution in [3.63, 3.8) is 0 Å². The topological polar surface area (TPSA) is 87.9 Å². The van der Waals surface area contributed by atoms with Crippen LogP contribution in [0, 0.1) is 10.1 Å². The van der Waals surface area contributed by atoms with Gasteiger partial charge in [0.15, 0.2) is 0 Å². The number of carbonyl (C=O) groups excluding carboxylic acids is 1. The Morgan fingerprint density at radius 1 is 1.19 bits per heavy atom. The Morgan fingerprint density at radius 2 is 1.93 bits per heavy atom. The summed E-state index contributed by atoms with van der Waals surface area (Å²) in [6.45, 7) is 1.82. The normalized spacial score (nSPS) is 11.5. The van der Waals surface area contributed by atoms with Gasteiger partial charge >= 0.3 is 5.97 Å². The minimum atomic E-state index is -0.657. The second-order valence-electron chi connectivity index (χ2n) is 5.90. The van der Waals surface area contributed by atoms with Gasteiger partial charge in [0.05, 0.1) is 26.1 Å². The van der Waals surface area contributed by atoms with Crippen LogP contribution in [0.5, 0.6) is 11.5 Å². The molecule has 1 atom stereocenters. The fourth-order valence-corrected chi connectivity index (χ4v) is 2.71. The molecule has 2 rings (SSSR count). The van der Waals surface area contributed by atoms with Crippen molar-refractivity contribution in [2.45, 2.75) is 25.9 Å². The number of benzene rings is 2. The summed E-state index contributed by atoms with van der Waals surface area (Å²) in [7, 11) is 1.53. The zero-order chi connectivity index (χ0) is 19.6. The molecule has 0 saturated heterocycles. The molecule has 0 heterocycles. The highest BCUT2D eigenvalue weighted by molar-refractivity contribution is 5.71. The highest BCUT2D eigenvalue weighted by Crippen LogP contribution is 2.33. The molecule has 1 unspecified atom stereocenters. The van der Waals surface area contributed by atoms with Crippen molar-refractivity contribution < 1.29 is 23.9 Å². The Labute approximate surface area is 158 Å². The van der Waals surface area contributed by atoms with Gasteiger partial charge in [-0.2, -0.15) is 0 Å². The lowest BCUT2D eigenvalue weighted by molar-refractivity contribution is -0.483. The van der Waals surface area contributed by atoms with E-state index in [0.29, 0.717) is 23.7 Å². The van der Waals surface area contributed by atoms with E-state index in [2.05, 4.69) is 0 Å². The predicted molar refractivity (Wildman–Crippen MR) is 99.6 cm³/mol. The number of ether oxygens (including phenoxy) is 3. The van der Waals surface area contributed by atoms with E-state index in [1.807, 2.05) is 30.3 Å². The molecule has 0 spiro atoms. The second-order valence-corrected chi connectivity index (χ2v) is 5.90. The Hall–Kier alpha value is -3.09. The van der Waals surface area contributed by atoms with Crippen LogP contribution in [0.2, 0.25) is 0 Å². The van der Waals surface area contributed by atoms with E-state index in [1.165, 1.54) is 7.11 Å². The number of hydrogen-bond donors (Lipinski definition) is 0. The van der Waals surface area contributed by atoms with Crippen molar-refractivity contribution >= 4 is 5.97 Å². The van der Waals surface area contributed by atoms with Crippen LogP contribution >= 0.6 is 0 Å². The summed E-state index contributed by atoms with van der Waals surface area (Å²) in [5, 5.41) is 11.1. The van der Waals surface area contributed by atoms with Crippen molar-refractivity contribution in [2.75, 3.05) is 20.3 Å². The summed E-state index contributed by atoms with van der Waals surface area (Å²) in [5.41, 5.74) is 1.54. The van der Waals surface area contributed by atoms with Crippen LogP contribution in [0.3, 0.4) is 0 Å². The van der Waals surface area contributed by atoms with E-state index in [0.717, 1.165) is 5.56 Å². The zero-order valence-electron chi connectivity index (χ0n) is 15.4. The molecule has 7 nitrogen and oxygen atoms in total. The third-order valence-corrected chi connectivity index (χ3v) is 3.99. The van der Waals surface area contributed by atoms with Gasteiger partial charge in [0, 0.05) is 16.6 Å². The lowest BCUT2D eigenvalue weighted by Crippen LogP contribution is -2.19. The van der Waals surface area contributed by atoms with Gasteiger partial charge in [0.25, 0.3) is 0 Å². The van der Waals surface area contributed by atoms with Crippen LogP contribution in [0.4, 0.5) is 0 Å². The number of hydrogen-bond acceptors (Lipinski definition) is 6. The van der Waals surface area contributed by atoms with Crippen LogP contribution in [-0.2, 0) is 16.1 Å². The Bertz CT molecular complexity index is 762. The van der Waals surface area contributed by atoms with Crippen molar-refractivity contribution in [2.24, 2.45) is 0 Å². The van der Waals surface area contributed by atoms with E-state index < -0.39 is 23.4 Å². The van der Waals surface area contributed by atoms with Gasteiger partial charge in [-0.05, 0) is 18.6 Å². The summed E-state index contributed by atoms with van der Waals surface area (Å²) in [5.74, 6) is -0.114. The van der Waals surface area contributed by atoms with Crippen LogP contribution in [0.15, 0.2) is 48.5 Å². The molecule has 0 aromatic heterocycles. The van der Waals surface area contributed by atoms with E-state index in [-0.39, 0.29) is 13.0 Å². The number of rotatable bonds is 10. The van der Waals surface area contributed by atoms with Crippen LogP contribution in [0.1, 0.15) is 30.4 Å². The molecule has 0 bridgehead atoms. The fraction of sp³-hybridized carbons (Fsp3) is 0.350. The zero-order valence-corrected chi connectivity index (χ0v) is 15.4. The highest BCUT2D eigenvalue weighted by Gasteiger charge is 2.26. The van der Waals surface area contributed by atoms with E-state index in [1.54, 1.807) is 25.1 Å². The van der Waals surface area contributed by atoms with Gasteiger partial charge in [-0.3, -0.25) is 14.9 Å². The summed E-state index contributed by atoms with van der Waals surface area (Å²) in [6.07, 6.45) is -0.0944. The van der Waals surface area contributed by atoms with Gasteiger partial charge in [-0.1, -0.05) is 36.4 Å². The molecular formula is C20H23NO6. The molecule has 27 heavy (non-hydrogen) atoms. The first-order valence-corrected chi connectivity index (χ1v) is 8.65. The monoisotopic (exact) mass is 373 g/mol. The molecule has 0 aliphatic heterocycles. The smallest absolute Gasteiger partial charge is 0.306 e. The first kappa shape index (κ1) is 20.2. The van der Waals surface area contributed by atoms with Gasteiger partial charge < -0.3 is 14.2 Å². The Balaban J connectivity index is 2.29. The minimum absolute atomic E-state index is 0.0944. The van der Waals surface area contributed by atoms with Crippen LogP contribution in [0.25, 0.3) is 0 Å². The molecule has 0 aliphatic rings. The molecular weight excluding hydrogens is 350 g/mol. The largest absolute Gasteiger partial charge is 0.497 e. The fourth-order valence-electron chi connectivity index (χ4n) is 2.71. The number of carbonyl (C=O) groups is 1. The Morgan fingerprint density at radius 3 is 2.56 bits per heavy atom. The number of nitro groups is 1. The molecule has 0 amide bonds. The maximum atomic E-state index is 11.9. The molecule has 144 valence electrons. The van der Waals surface area contributed by atoms with E-state index >= 15 is 0 Å². The summed E-state index contributed by atoms with van der Waals surface area (Å²) in [6, 6.07) is 14.6. The molecule has 0 saturated carbocycles. The quantitative estimate of drug-likeness (QED) is 0.359. The lowest BCUT2D eigenvalue weighted by atomic mass is 9.94. The summed E-state index contributed by atoms with van der Waals surface area (Å²) in [4.78, 5) is 22.6. The highest BCUT2D eigenvalue weighted by atomic mass is 16.6. The summed E-state index contributed by atoms with van der Waals surface area (Å²) < 4.78 is 16.1. The maximum absolute atomic E-state index is 11.9. The third-order valence-electron chi connectivity index (χ3n) is 3.99. The van der Waals surface area contributed by atoms with Crippen molar-refractivity contribution in [1.29, 1.82) is 0 Å². The molecule has 0 fully saturated rings. The van der Waals surface area contributed by atoms with E-state index in [4.69, 9.17) is 14.2 Å². The van der Waals surface area contributed by atoms with Crippen molar-refractivity contribution in [3.8, 4) is 11.5 Å². The number of methoxy groups -OCH3 is 1. The standard InChI is InChI=1S/C20H23NO6/c1-3-26-20(22)11-16(13-21(23)24)18-10-9-17(25-2)12-19(18)27-14-15-7-5-4-6-8-15/h4-10,12,16H,3,11,13-14H2,1-2H3. The average molecular weight is 373 g/mol. The minimum Gasteiger partial charge on any atom is -0.497 e. The third kappa shape index (κ3) is 6.29. The molecule has 0 N–H and O–H groups in total. The number of nitrogens with zero attached hydrogens (tertiary/aromatic N) is 1. The van der Waals surface area contributed by atoms with Crippen molar-refractivity contribution in [3.05, 3.63) is 69.8 Å².